The Morgan fingerprint density at radius 2 is 1.72 bits per heavy atom. The van der Waals surface area contributed by atoms with E-state index in [0.717, 1.165) is 29.9 Å². The van der Waals surface area contributed by atoms with Gasteiger partial charge in [-0.25, -0.2) is 0 Å². The van der Waals surface area contributed by atoms with Crippen molar-refractivity contribution in [3.63, 3.8) is 0 Å². The maximum absolute atomic E-state index is 10.8. The standard InChI is InChI=1S/C24H35N3O2/c1-5-7-8-9-10-11-18-26-22(13-6-2)23(14-12-17-25)27-21(4)16-15-20(3)19-24(28)29/h5-14,18,20H,15-17,19,25H2,1-4H3,(H,28,29)/b7-5-,9-8-,11-10+,13-6-,14-12+,23-22-,26-18+,27-21+. The number of allylic oxidation sites excluding steroid dienone is 9. The van der Waals surface area contributed by atoms with Crippen LogP contribution in [-0.2, 0) is 4.79 Å². The van der Waals surface area contributed by atoms with Gasteiger partial charge in [0.25, 0.3) is 0 Å². The van der Waals surface area contributed by atoms with E-state index in [1.807, 2.05) is 88.5 Å². The van der Waals surface area contributed by atoms with Gasteiger partial charge in [0.2, 0.25) is 0 Å². The highest BCUT2D eigenvalue weighted by Crippen LogP contribution is 2.15. The molecular formula is C24H35N3O2. The van der Waals surface area contributed by atoms with Crippen LogP contribution in [0.2, 0.25) is 0 Å². The molecule has 0 aromatic heterocycles. The second kappa shape index (κ2) is 17.3. The molecule has 158 valence electrons. The van der Waals surface area contributed by atoms with Gasteiger partial charge in [-0.15, -0.1) is 0 Å². The largest absolute Gasteiger partial charge is 0.481 e. The van der Waals surface area contributed by atoms with Crippen LogP contribution in [0.4, 0.5) is 0 Å². The first-order chi connectivity index (χ1) is 13.9. The molecule has 0 rings (SSSR count). The molecule has 0 bridgehead atoms. The molecule has 0 aliphatic heterocycles. The Bertz CT molecular complexity index is 720. The fraction of sp³-hybridized carbons (Fsp3) is 0.375. The Morgan fingerprint density at radius 3 is 2.34 bits per heavy atom. The average molecular weight is 398 g/mol. The lowest BCUT2D eigenvalue weighted by atomic mass is 10.0. The van der Waals surface area contributed by atoms with Crippen molar-refractivity contribution < 1.29 is 9.90 Å². The van der Waals surface area contributed by atoms with Crippen LogP contribution in [0.5, 0.6) is 0 Å². The Hall–Kier alpha value is -2.79. The quantitative estimate of drug-likeness (QED) is 0.322. The molecule has 1 unspecified atom stereocenters. The highest BCUT2D eigenvalue weighted by molar-refractivity contribution is 5.83. The van der Waals surface area contributed by atoms with E-state index in [1.165, 1.54) is 0 Å². The van der Waals surface area contributed by atoms with Gasteiger partial charge in [-0.05, 0) is 57.8 Å². The molecule has 1 atom stereocenters. The molecule has 0 spiro atoms. The summed E-state index contributed by atoms with van der Waals surface area (Å²) in [7, 11) is 0. The maximum atomic E-state index is 10.8. The zero-order valence-corrected chi connectivity index (χ0v) is 18.1. The number of hydrogen-bond donors (Lipinski definition) is 2. The number of aliphatic carboxylic acids is 1. The average Bonchev–Trinajstić information content (AvgIpc) is 2.67. The third-order valence-corrected chi connectivity index (χ3v) is 3.77. The van der Waals surface area contributed by atoms with Gasteiger partial charge in [0.15, 0.2) is 0 Å². The van der Waals surface area contributed by atoms with E-state index in [0.29, 0.717) is 6.54 Å². The van der Waals surface area contributed by atoms with Crippen molar-refractivity contribution in [2.24, 2.45) is 21.6 Å². The predicted octanol–water partition coefficient (Wildman–Crippen LogP) is 5.40. The summed E-state index contributed by atoms with van der Waals surface area (Å²) in [6, 6.07) is 0. The third kappa shape index (κ3) is 14.9. The Kier molecular flexibility index (Phi) is 15.7. The fourth-order valence-electron chi connectivity index (χ4n) is 2.31. The summed E-state index contributed by atoms with van der Waals surface area (Å²) >= 11 is 0. The summed E-state index contributed by atoms with van der Waals surface area (Å²) < 4.78 is 0. The number of carbonyl (C=O) groups is 1. The van der Waals surface area contributed by atoms with E-state index < -0.39 is 5.97 Å². The van der Waals surface area contributed by atoms with Gasteiger partial charge in [0, 0.05) is 24.9 Å². The summed E-state index contributed by atoms with van der Waals surface area (Å²) in [6.45, 7) is 8.21. The van der Waals surface area contributed by atoms with Crippen molar-refractivity contribution in [1.29, 1.82) is 0 Å². The molecule has 0 saturated heterocycles. The lowest BCUT2D eigenvalue weighted by Gasteiger charge is -2.09. The van der Waals surface area contributed by atoms with Gasteiger partial charge in [-0.2, -0.15) is 0 Å². The van der Waals surface area contributed by atoms with Crippen LogP contribution < -0.4 is 5.73 Å². The fourth-order valence-corrected chi connectivity index (χ4v) is 2.31. The Morgan fingerprint density at radius 1 is 1.03 bits per heavy atom. The van der Waals surface area contributed by atoms with E-state index in [4.69, 9.17) is 15.8 Å². The molecule has 0 aromatic carbocycles. The molecule has 5 nitrogen and oxygen atoms in total. The molecule has 0 saturated carbocycles. The van der Waals surface area contributed by atoms with E-state index in [9.17, 15) is 4.79 Å². The molecule has 0 aliphatic rings. The topological polar surface area (TPSA) is 88.0 Å². The van der Waals surface area contributed by atoms with Crippen molar-refractivity contribution in [3.05, 3.63) is 72.2 Å². The summed E-state index contributed by atoms with van der Waals surface area (Å²) in [5, 5.41) is 8.89. The molecular weight excluding hydrogens is 362 g/mol. The molecule has 0 heterocycles. The number of nitrogens with zero attached hydrogens (tertiary/aromatic N) is 2. The van der Waals surface area contributed by atoms with Gasteiger partial charge in [-0.3, -0.25) is 14.8 Å². The highest BCUT2D eigenvalue weighted by atomic mass is 16.4. The number of rotatable bonds is 13. The zero-order valence-electron chi connectivity index (χ0n) is 18.1. The minimum atomic E-state index is -0.767. The smallest absolute Gasteiger partial charge is 0.303 e. The van der Waals surface area contributed by atoms with Crippen molar-refractivity contribution in [1.82, 2.24) is 0 Å². The minimum Gasteiger partial charge on any atom is -0.481 e. The molecule has 29 heavy (non-hydrogen) atoms. The van der Waals surface area contributed by atoms with E-state index in [2.05, 4.69) is 4.99 Å². The van der Waals surface area contributed by atoms with Gasteiger partial charge >= 0.3 is 5.97 Å². The van der Waals surface area contributed by atoms with Gasteiger partial charge < -0.3 is 10.8 Å². The maximum Gasteiger partial charge on any atom is 0.303 e. The number of nitrogens with two attached hydrogens (primary N) is 1. The number of aliphatic imine (C=N–C) groups is 2. The normalized spacial score (nSPS) is 15.7. The molecule has 0 aromatic rings. The van der Waals surface area contributed by atoms with Crippen LogP contribution in [0.15, 0.2) is 82.1 Å². The number of carboxylic acid groups (broad SMARTS) is 1. The minimum absolute atomic E-state index is 0.110. The van der Waals surface area contributed by atoms with E-state index in [-0.39, 0.29) is 12.3 Å². The first kappa shape index (κ1) is 26.2. The predicted molar refractivity (Wildman–Crippen MR) is 125 cm³/mol. The van der Waals surface area contributed by atoms with Crippen molar-refractivity contribution >= 4 is 17.9 Å². The number of carboxylic acids is 1. The lowest BCUT2D eigenvalue weighted by Crippen LogP contribution is -2.06. The SMILES string of the molecule is C/C=C\C=C/C=C/C=N/C(/C=C\C)=C(/C=C/CN)\N=C(/C)CCC(C)CC(=O)O. The molecule has 3 N–H and O–H groups in total. The highest BCUT2D eigenvalue weighted by Gasteiger charge is 2.08. The van der Waals surface area contributed by atoms with E-state index >= 15 is 0 Å². The van der Waals surface area contributed by atoms with Gasteiger partial charge in [-0.1, -0.05) is 49.5 Å². The van der Waals surface area contributed by atoms with E-state index in [1.54, 1.807) is 6.21 Å². The van der Waals surface area contributed by atoms with Crippen LogP contribution in [0.3, 0.4) is 0 Å². The first-order valence-electron chi connectivity index (χ1n) is 9.92. The molecule has 0 radical (unpaired) electrons. The Labute approximate surface area is 175 Å². The Balaban J connectivity index is 5.50. The van der Waals surface area contributed by atoms with Crippen LogP contribution >= 0.6 is 0 Å². The summed E-state index contributed by atoms with van der Waals surface area (Å²) in [4.78, 5) is 20.1. The molecule has 0 amide bonds. The molecule has 5 heteroatoms. The van der Waals surface area contributed by atoms with Crippen LogP contribution in [0, 0.1) is 5.92 Å². The monoisotopic (exact) mass is 397 g/mol. The number of hydrogen-bond acceptors (Lipinski definition) is 4. The van der Waals surface area contributed by atoms with Crippen LogP contribution in [0.1, 0.15) is 47.0 Å². The van der Waals surface area contributed by atoms with Crippen LogP contribution in [-0.4, -0.2) is 29.5 Å². The lowest BCUT2D eigenvalue weighted by molar-refractivity contribution is -0.138. The summed E-state index contributed by atoms with van der Waals surface area (Å²) in [5.41, 5.74) is 8.00. The molecule has 0 fully saturated rings. The van der Waals surface area contributed by atoms with Gasteiger partial charge in [0.1, 0.15) is 0 Å². The second-order valence-electron chi connectivity index (χ2n) is 6.57. The van der Waals surface area contributed by atoms with Crippen molar-refractivity contribution in [2.75, 3.05) is 6.54 Å². The van der Waals surface area contributed by atoms with Crippen LogP contribution in [0.25, 0.3) is 0 Å². The summed E-state index contributed by atoms with van der Waals surface area (Å²) in [6.07, 6.45) is 22.5. The first-order valence-corrected chi connectivity index (χ1v) is 9.92. The third-order valence-electron chi connectivity index (χ3n) is 3.77. The molecule has 0 aliphatic carbocycles. The summed E-state index contributed by atoms with van der Waals surface area (Å²) in [5.74, 6) is -0.657. The van der Waals surface area contributed by atoms with Crippen molar-refractivity contribution in [3.8, 4) is 0 Å². The van der Waals surface area contributed by atoms with Crippen molar-refractivity contribution in [2.45, 2.75) is 47.0 Å². The zero-order chi connectivity index (χ0) is 21.9. The second-order valence-corrected chi connectivity index (χ2v) is 6.57. The van der Waals surface area contributed by atoms with Gasteiger partial charge in [0.05, 0.1) is 11.4 Å².